The van der Waals surface area contributed by atoms with E-state index in [1.807, 2.05) is 20.8 Å². The van der Waals surface area contributed by atoms with Crippen LogP contribution in [0, 0.1) is 0 Å². The summed E-state index contributed by atoms with van der Waals surface area (Å²) in [5, 5.41) is 18.5. The van der Waals surface area contributed by atoms with Crippen LogP contribution in [0.25, 0.3) is 0 Å². The molecule has 0 fully saturated rings. The van der Waals surface area contributed by atoms with Gasteiger partial charge in [0.15, 0.2) is 0 Å². The maximum absolute atomic E-state index is 11.6. The van der Waals surface area contributed by atoms with Gasteiger partial charge in [-0.2, -0.15) is 5.10 Å². The number of nitrogens with zero attached hydrogens (tertiary/aromatic N) is 2. The number of hydrogen-bond acceptors (Lipinski definition) is 3. The molecule has 0 aliphatic rings. The molecule has 0 aliphatic carbocycles. The predicted molar refractivity (Wildman–Crippen MR) is 65.9 cm³/mol. The molecule has 1 aromatic rings. The third kappa shape index (κ3) is 3.74. The fraction of sp³-hybridized carbons (Fsp3) is 0.636. The molecule has 3 N–H and O–H groups in total. The van der Waals surface area contributed by atoms with Crippen LogP contribution in [-0.4, -0.2) is 33.6 Å². The Balaban J connectivity index is 2.59. The van der Waals surface area contributed by atoms with Crippen molar-refractivity contribution in [2.24, 2.45) is 0 Å². The molecule has 0 bridgehead atoms. The van der Waals surface area contributed by atoms with Crippen molar-refractivity contribution in [3.05, 3.63) is 12.3 Å². The lowest BCUT2D eigenvalue weighted by atomic mass is 10.2. The number of aliphatic hydroxyl groups excluding tert-OH is 1. The largest absolute Gasteiger partial charge is 0.394 e. The first-order chi connectivity index (χ1) is 8.08. The van der Waals surface area contributed by atoms with Gasteiger partial charge < -0.3 is 10.4 Å². The molecule has 17 heavy (non-hydrogen) atoms. The average Bonchev–Trinajstić information content (AvgIpc) is 2.74. The van der Waals surface area contributed by atoms with Crippen LogP contribution >= 0.6 is 0 Å². The van der Waals surface area contributed by atoms with Crippen molar-refractivity contribution in [3.63, 3.8) is 0 Å². The number of anilines is 1. The van der Waals surface area contributed by atoms with Crippen LogP contribution in [0.2, 0.25) is 0 Å². The minimum atomic E-state index is -0.326. The van der Waals surface area contributed by atoms with Gasteiger partial charge in [-0.25, -0.2) is 9.48 Å². The monoisotopic (exact) mass is 240 g/mol. The highest BCUT2D eigenvalue weighted by Crippen LogP contribution is 2.12. The summed E-state index contributed by atoms with van der Waals surface area (Å²) >= 11 is 0. The van der Waals surface area contributed by atoms with E-state index in [4.69, 9.17) is 5.11 Å². The Bertz CT molecular complexity index is 358. The highest BCUT2D eigenvalue weighted by atomic mass is 16.3. The van der Waals surface area contributed by atoms with Crippen LogP contribution in [0.4, 0.5) is 10.6 Å². The van der Waals surface area contributed by atoms with Crippen molar-refractivity contribution in [1.82, 2.24) is 15.1 Å². The maximum Gasteiger partial charge on any atom is 0.320 e. The van der Waals surface area contributed by atoms with E-state index in [9.17, 15) is 4.79 Å². The van der Waals surface area contributed by atoms with E-state index in [0.29, 0.717) is 12.2 Å². The Morgan fingerprint density at radius 3 is 2.82 bits per heavy atom. The lowest BCUT2D eigenvalue weighted by molar-refractivity contribution is 0.222. The number of nitrogens with one attached hydrogen (secondary N) is 2. The third-order valence-corrected chi connectivity index (χ3v) is 2.45. The van der Waals surface area contributed by atoms with Crippen molar-refractivity contribution in [2.75, 3.05) is 11.9 Å². The van der Waals surface area contributed by atoms with Gasteiger partial charge in [-0.1, -0.05) is 6.92 Å². The number of carbonyl (C=O) groups is 1. The van der Waals surface area contributed by atoms with Crippen molar-refractivity contribution < 1.29 is 9.90 Å². The Labute approximate surface area is 101 Å². The molecule has 0 aliphatic heterocycles. The van der Waals surface area contributed by atoms with Gasteiger partial charge in [0.2, 0.25) is 0 Å². The highest BCUT2D eigenvalue weighted by molar-refractivity contribution is 5.88. The number of aromatic nitrogens is 2. The van der Waals surface area contributed by atoms with E-state index < -0.39 is 0 Å². The summed E-state index contributed by atoms with van der Waals surface area (Å²) in [6.45, 7) is 5.81. The minimum absolute atomic E-state index is 0.0621. The van der Waals surface area contributed by atoms with Crippen molar-refractivity contribution in [1.29, 1.82) is 0 Å². The zero-order chi connectivity index (χ0) is 12.8. The number of amides is 2. The summed E-state index contributed by atoms with van der Waals surface area (Å²) in [5.41, 5.74) is 0. The molecular weight excluding hydrogens is 220 g/mol. The standard InChI is InChI=1S/C11H20N4O2/c1-4-9(7-16)13-11(17)14-10-5-6-12-15(10)8(2)3/h5-6,8-9,16H,4,7H2,1-3H3,(H2,13,14,17). The lowest BCUT2D eigenvalue weighted by Crippen LogP contribution is -2.40. The zero-order valence-electron chi connectivity index (χ0n) is 10.5. The maximum atomic E-state index is 11.6. The zero-order valence-corrected chi connectivity index (χ0v) is 10.5. The second-order valence-electron chi connectivity index (χ2n) is 4.14. The molecule has 6 nitrogen and oxygen atoms in total. The summed E-state index contributed by atoms with van der Waals surface area (Å²) in [5.74, 6) is 0.644. The van der Waals surface area contributed by atoms with Crippen LogP contribution in [0.5, 0.6) is 0 Å². The summed E-state index contributed by atoms with van der Waals surface area (Å²) in [7, 11) is 0. The van der Waals surface area contributed by atoms with Crippen molar-refractivity contribution in [3.8, 4) is 0 Å². The van der Waals surface area contributed by atoms with E-state index in [0.717, 1.165) is 0 Å². The topological polar surface area (TPSA) is 79.2 Å². The van der Waals surface area contributed by atoms with Crippen molar-refractivity contribution in [2.45, 2.75) is 39.3 Å². The first kappa shape index (κ1) is 13.5. The quantitative estimate of drug-likeness (QED) is 0.727. The molecule has 0 spiro atoms. The first-order valence-corrected chi connectivity index (χ1v) is 5.80. The Morgan fingerprint density at radius 1 is 1.59 bits per heavy atom. The van der Waals surface area contributed by atoms with Gasteiger partial charge in [0.25, 0.3) is 0 Å². The number of hydrogen-bond donors (Lipinski definition) is 3. The van der Waals surface area contributed by atoms with Crippen LogP contribution in [0.1, 0.15) is 33.2 Å². The van der Waals surface area contributed by atoms with E-state index >= 15 is 0 Å². The minimum Gasteiger partial charge on any atom is -0.394 e. The van der Waals surface area contributed by atoms with E-state index in [1.54, 1.807) is 16.9 Å². The molecular formula is C11H20N4O2. The number of urea groups is 1. The molecule has 1 heterocycles. The smallest absolute Gasteiger partial charge is 0.320 e. The Hall–Kier alpha value is -1.56. The second-order valence-corrected chi connectivity index (χ2v) is 4.14. The number of aliphatic hydroxyl groups is 1. The van der Waals surface area contributed by atoms with Crippen LogP contribution in [0.3, 0.4) is 0 Å². The second kappa shape index (κ2) is 6.24. The highest BCUT2D eigenvalue weighted by Gasteiger charge is 2.12. The number of rotatable bonds is 5. The first-order valence-electron chi connectivity index (χ1n) is 5.80. The van der Waals surface area contributed by atoms with Gasteiger partial charge in [0.05, 0.1) is 18.8 Å². The van der Waals surface area contributed by atoms with E-state index in [1.165, 1.54) is 0 Å². The van der Waals surface area contributed by atoms with Gasteiger partial charge >= 0.3 is 6.03 Å². The normalized spacial score (nSPS) is 12.5. The van der Waals surface area contributed by atoms with E-state index in [-0.39, 0.29) is 24.7 Å². The predicted octanol–water partition coefficient (Wildman–Crippen LogP) is 1.36. The van der Waals surface area contributed by atoms with Gasteiger partial charge in [-0.3, -0.25) is 5.32 Å². The molecule has 2 amide bonds. The van der Waals surface area contributed by atoms with Gasteiger partial charge in [-0.15, -0.1) is 0 Å². The van der Waals surface area contributed by atoms with Gasteiger partial charge in [0.1, 0.15) is 5.82 Å². The SMILES string of the molecule is CCC(CO)NC(=O)Nc1ccnn1C(C)C. The molecule has 0 radical (unpaired) electrons. The molecule has 0 saturated carbocycles. The molecule has 1 atom stereocenters. The fourth-order valence-electron chi connectivity index (χ4n) is 1.44. The lowest BCUT2D eigenvalue weighted by Gasteiger charge is -2.16. The summed E-state index contributed by atoms with van der Waals surface area (Å²) in [6, 6.07) is 1.37. The Morgan fingerprint density at radius 2 is 2.29 bits per heavy atom. The van der Waals surface area contributed by atoms with Crippen LogP contribution in [-0.2, 0) is 0 Å². The fourth-order valence-corrected chi connectivity index (χ4v) is 1.44. The summed E-state index contributed by atoms with van der Waals surface area (Å²) in [6.07, 6.45) is 2.33. The van der Waals surface area contributed by atoms with Gasteiger partial charge in [-0.05, 0) is 20.3 Å². The molecule has 96 valence electrons. The molecule has 1 aromatic heterocycles. The van der Waals surface area contributed by atoms with E-state index in [2.05, 4.69) is 15.7 Å². The van der Waals surface area contributed by atoms with Crippen molar-refractivity contribution >= 4 is 11.8 Å². The average molecular weight is 240 g/mol. The van der Waals surface area contributed by atoms with Gasteiger partial charge in [0, 0.05) is 12.1 Å². The molecule has 1 unspecified atom stereocenters. The van der Waals surface area contributed by atoms with Crippen LogP contribution in [0.15, 0.2) is 12.3 Å². The summed E-state index contributed by atoms with van der Waals surface area (Å²) in [4.78, 5) is 11.6. The molecule has 6 heteroatoms. The molecule has 0 aromatic carbocycles. The summed E-state index contributed by atoms with van der Waals surface area (Å²) < 4.78 is 1.72. The molecule has 1 rings (SSSR count). The number of carbonyl (C=O) groups excluding carboxylic acids is 1. The third-order valence-electron chi connectivity index (χ3n) is 2.45. The van der Waals surface area contributed by atoms with Crippen LogP contribution < -0.4 is 10.6 Å². The molecule has 0 saturated heterocycles. The Kier molecular flexibility index (Phi) is 4.96.